The van der Waals surface area contributed by atoms with E-state index in [4.69, 9.17) is 9.47 Å². The van der Waals surface area contributed by atoms with Crippen LogP contribution in [0.3, 0.4) is 0 Å². The maximum atomic E-state index is 5.68. The normalized spacial score (nSPS) is 17.8. The summed E-state index contributed by atoms with van der Waals surface area (Å²) in [6.07, 6.45) is 2.10. The van der Waals surface area contributed by atoms with Gasteiger partial charge in [-0.1, -0.05) is 0 Å². The highest BCUT2D eigenvalue weighted by molar-refractivity contribution is 14.0. The number of hydrogen-bond acceptors (Lipinski definition) is 4. The van der Waals surface area contributed by atoms with Crippen molar-refractivity contribution in [3.63, 3.8) is 0 Å². The zero-order chi connectivity index (χ0) is 15.6. The lowest BCUT2D eigenvalue weighted by atomic mass is 10.1. The van der Waals surface area contributed by atoms with Crippen LogP contribution >= 0.6 is 51.2 Å². The van der Waals surface area contributed by atoms with E-state index in [1.807, 2.05) is 0 Å². The Kier molecular flexibility index (Phi) is 11.5. The Bertz CT molecular complexity index is 467. The maximum Gasteiger partial charge on any atom is 0.191 e. The van der Waals surface area contributed by atoms with Crippen LogP contribution in [0, 0.1) is 5.92 Å². The predicted molar refractivity (Wildman–Crippen MR) is 110 cm³/mol. The standard InChI is InChI=1S/C15H24BrN3O2S.HI/c1-17-15(19-8-14-7-13(16)11-22-14)18-4-2-5-20-9-12-3-6-21-10-12;/h7,11-12H,2-6,8-10H2,1H3,(H2,17,18,19);1H. The predicted octanol–water partition coefficient (Wildman–Crippen LogP) is 3.24. The second kappa shape index (κ2) is 12.5. The van der Waals surface area contributed by atoms with Gasteiger partial charge in [0.1, 0.15) is 0 Å². The second-order valence-electron chi connectivity index (χ2n) is 5.24. The van der Waals surface area contributed by atoms with Crippen LogP contribution in [0.25, 0.3) is 0 Å². The van der Waals surface area contributed by atoms with E-state index < -0.39 is 0 Å². The van der Waals surface area contributed by atoms with Crippen LogP contribution in [0.5, 0.6) is 0 Å². The summed E-state index contributed by atoms with van der Waals surface area (Å²) in [4.78, 5) is 5.50. The van der Waals surface area contributed by atoms with Gasteiger partial charge in [-0.2, -0.15) is 0 Å². The molecular weight excluding hydrogens is 493 g/mol. The van der Waals surface area contributed by atoms with Crippen molar-refractivity contribution in [3.8, 4) is 0 Å². The Balaban J connectivity index is 0.00000264. The van der Waals surface area contributed by atoms with E-state index in [1.54, 1.807) is 18.4 Å². The molecule has 0 aromatic carbocycles. The minimum Gasteiger partial charge on any atom is -0.381 e. The molecule has 0 spiro atoms. The van der Waals surface area contributed by atoms with Crippen molar-refractivity contribution in [1.29, 1.82) is 0 Å². The van der Waals surface area contributed by atoms with Gasteiger partial charge < -0.3 is 20.1 Å². The fraction of sp³-hybridized carbons (Fsp3) is 0.667. The summed E-state index contributed by atoms with van der Waals surface area (Å²) < 4.78 is 12.1. The highest BCUT2D eigenvalue weighted by Gasteiger charge is 2.15. The smallest absolute Gasteiger partial charge is 0.191 e. The molecule has 1 aliphatic rings. The first-order valence-corrected chi connectivity index (χ1v) is 9.28. The van der Waals surface area contributed by atoms with E-state index in [9.17, 15) is 0 Å². The molecule has 0 saturated carbocycles. The van der Waals surface area contributed by atoms with E-state index in [0.717, 1.165) is 62.8 Å². The molecule has 1 unspecified atom stereocenters. The Morgan fingerprint density at radius 2 is 2.39 bits per heavy atom. The molecule has 23 heavy (non-hydrogen) atoms. The highest BCUT2D eigenvalue weighted by atomic mass is 127. The summed E-state index contributed by atoms with van der Waals surface area (Å²) in [6.45, 7) is 4.98. The Morgan fingerprint density at radius 1 is 1.52 bits per heavy atom. The van der Waals surface area contributed by atoms with Gasteiger partial charge >= 0.3 is 0 Å². The first-order chi connectivity index (χ1) is 10.8. The molecule has 1 aromatic heterocycles. The fourth-order valence-electron chi connectivity index (χ4n) is 2.18. The third-order valence-corrected chi connectivity index (χ3v) is 5.11. The number of hydrogen-bond donors (Lipinski definition) is 2. The van der Waals surface area contributed by atoms with Crippen molar-refractivity contribution in [2.45, 2.75) is 19.4 Å². The Labute approximate surface area is 167 Å². The fourth-order valence-corrected chi connectivity index (χ4v) is 3.57. The minimum atomic E-state index is 0. The van der Waals surface area contributed by atoms with Crippen molar-refractivity contribution in [3.05, 3.63) is 20.8 Å². The first kappa shape index (κ1) is 21.1. The summed E-state index contributed by atoms with van der Waals surface area (Å²) in [5, 5.41) is 8.69. The largest absolute Gasteiger partial charge is 0.381 e. The lowest BCUT2D eigenvalue weighted by molar-refractivity contribution is 0.0888. The van der Waals surface area contributed by atoms with Gasteiger partial charge in [0.25, 0.3) is 0 Å². The molecule has 5 nitrogen and oxygen atoms in total. The maximum absolute atomic E-state index is 5.68. The molecule has 1 atom stereocenters. The quantitative estimate of drug-likeness (QED) is 0.240. The summed E-state index contributed by atoms with van der Waals surface area (Å²) in [7, 11) is 1.79. The number of nitrogens with one attached hydrogen (secondary N) is 2. The Morgan fingerprint density at radius 3 is 3.04 bits per heavy atom. The van der Waals surface area contributed by atoms with Gasteiger partial charge in [-0.05, 0) is 34.8 Å². The molecular formula is C15H25BrIN3O2S. The molecule has 1 saturated heterocycles. The average Bonchev–Trinajstić information content (AvgIpc) is 3.17. The van der Waals surface area contributed by atoms with Gasteiger partial charge in [-0.25, -0.2) is 0 Å². The zero-order valence-corrected chi connectivity index (χ0v) is 18.1. The molecule has 0 radical (unpaired) electrons. The molecule has 1 fully saturated rings. The number of thiophene rings is 1. The van der Waals surface area contributed by atoms with Crippen LogP contribution in [0.1, 0.15) is 17.7 Å². The van der Waals surface area contributed by atoms with Crippen LogP contribution in [0.4, 0.5) is 0 Å². The third kappa shape index (κ3) is 8.67. The van der Waals surface area contributed by atoms with Crippen LogP contribution in [0.2, 0.25) is 0 Å². The monoisotopic (exact) mass is 517 g/mol. The lowest BCUT2D eigenvalue weighted by Gasteiger charge is -2.12. The minimum absolute atomic E-state index is 0. The first-order valence-electron chi connectivity index (χ1n) is 7.61. The summed E-state index contributed by atoms with van der Waals surface area (Å²) >= 11 is 5.19. The van der Waals surface area contributed by atoms with Crippen molar-refractivity contribution in [2.24, 2.45) is 10.9 Å². The van der Waals surface area contributed by atoms with Crippen molar-refractivity contribution in [1.82, 2.24) is 10.6 Å². The van der Waals surface area contributed by atoms with E-state index in [2.05, 4.69) is 43.0 Å². The van der Waals surface area contributed by atoms with Gasteiger partial charge in [-0.3, -0.25) is 4.99 Å². The molecule has 2 heterocycles. The zero-order valence-electron chi connectivity index (χ0n) is 13.3. The Hall–Kier alpha value is 0.1000. The number of nitrogens with zero attached hydrogens (tertiary/aromatic N) is 1. The SMILES string of the molecule is CN=C(NCCCOCC1CCOC1)NCc1cc(Br)cs1.I. The summed E-state index contributed by atoms with van der Waals surface area (Å²) in [6, 6.07) is 2.12. The molecule has 1 aromatic rings. The second-order valence-corrected chi connectivity index (χ2v) is 7.15. The number of guanidine groups is 1. The molecule has 8 heteroatoms. The van der Waals surface area contributed by atoms with Gasteiger partial charge in [0.05, 0.1) is 19.8 Å². The van der Waals surface area contributed by atoms with E-state index in [0.29, 0.717) is 5.92 Å². The van der Waals surface area contributed by atoms with Gasteiger partial charge in [-0.15, -0.1) is 35.3 Å². The topological polar surface area (TPSA) is 54.9 Å². The lowest BCUT2D eigenvalue weighted by Crippen LogP contribution is -2.37. The molecule has 1 aliphatic heterocycles. The van der Waals surface area contributed by atoms with E-state index >= 15 is 0 Å². The van der Waals surface area contributed by atoms with E-state index in [-0.39, 0.29) is 24.0 Å². The molecule has 0 bridgehead atoms. The van der Waals surface area contributed by atoms with Gasteiger partial charge in [0.15, 0.2) is 5.96 Å². The molecule has 0 aliphatic carbocycles. The van der Waals surface area contributed by atoms with Crippen LogP contribution in [-0.4, -0.2) is 46.0 Å². The van der Waals surface area contributed by atoms with Crippen molar-refractivity contribution in [2.75, 3.05) is 40.0 Å². The molecule has 0 amide bonds. The number of aliphatic imine (C=N–C) groups is 1. The van der Waals surface area contributed by atoms with Crippen molar-refractivity contribution >= 4 is 57.2 Å². The number of ether oxygens (including phenoxy) is 2. The molecule has 2 N–H and O–H groups in total. The summed E-state index contributed by atoms with van der Waals surface area (Å²) in [5.74, 6) is 1.42. The van der Waals surface area contributed by atoms with Gasteiger partial charge in [0.2, 0.25) is 0 Å². The van der Waals surface area contributed by atoms with Crippen LogP contribution in [0.15, 0.2) is 20.9 Å². The van der Waals surface area contributed by atoms with Gasteiger partial charge in [0, 0.05) is 47.5 Å². The summed E-state index contributed by atoms with van der Waals surface area (Å²) in [5.41, 5.74) is 0. The van der Waals surface area contributed by atoms with Crippen molar-refractivity contribution < 1.29 is 9.47 Å². The van der Waals surface area contributed by atoms with Crippen LogP contribution < -0.4 is 10.6 Å². The average molecular weight is 518 g/mol. The third-order valence-electron chi connectivity index (χ3n) is 3.41. The number of halogens is 2. The molecule has 132 valence electrons. The highest BCUT2D eigenvalue weighted by Crippen LogP contribution is 2.19. The number of rotatable bonds is 8. The van der Waals surface area contributed by atoms with Crippen LogP contribution in [-0.2, 0) is 16.0 Å². The molecule has 2 rings (SSSR count). The van der Waals surface area contributed by atoms with E-state index in [1.165, 1.54) is 4.88 Å².